The van der Waals surface area contributed by atoms with Crippen LogP contribution in [0.15, 0.2) is 48.7 Å². The highest BCUT2D eigenvalue weighted by Crippen LogP contribution is 2.29. The van der Waals surface area contributed by atoms with E-state index >= 15 is 0 Å². The third-order valence-electron chi connectivity index (χ3n) is 3.80. The van der Waals surface area contributed by atoms with E-state index in [9.17, 15) is 0 Å². The minimum absolute atomic E-state index is 0.269. The van der Waals surface area contributed by atoms with E-state index in [1.807, 2.05) is 49.6 Å². The highest BCUT2D eigenvalue weighted by atomic mass is 16.7. The zero-order valence-corrected chi connectivity index (χ0v) is 12.4. The fourth-order valence-electron chi connectivity index (χ4n) is 2.59. The predicted molar refractivity (Wildman–Crippen MR) is 78.0 cm³/mol. The van der Waals surface area contributed by atoms with Gasteiger partial charge in [-0.1, -0.05) is 18.2 Å². The van der Waals surface area contributed by atoms with Gasteiger partial charge in [0, 0.05) is 17.7 Å². The van der Waals surface area contributed by atoms with Crippen molar-refractivity contribution in [3.8, 4) is 5.75 Å². The minimum atomic E-state index is -0.291. The molecule has 2 aromatic rings. The van der Waals surface area contributed by atoms with Gasteiger partial charge in [0.15, 0.2) is 18.2 Å². The summed E-state index contributed by atoms with van der Waals surface area (Å²) in [6, 6.07) is 14.0. The zero-order valence-electron chi connectivity index (χ0n) is 12.4. The van der Waals surface area contributed by atoms with Crippen LogP contribution in [0.1, 0.15) is 23.5 Å². The van der Waals surface area contributed by atoms with Gasteiger partial charge in [-0.2, -0.15) is 0 Å². The summed E-state index contributed by atoms with van der Waals surface area (Å²) in [7, 11) is 3.71. The van der Waals surface area contributed by atoms with E-state index in [-0.39, 0.29) is 12.2 Å². The molecule has 1 aliphatic heterocycles. The molecule has 0 radical (unpaired) electrons. The van der Waals surface area contributed by atoms with Crippen molar-refractivity contribution in [2.45, 2.75) is 12.2 Å². The zero-order chi connectivity index (χ0) is 14.7. The molecule has 0 unspecified atom stereocenters. The number of rotatable bonds is 3. The van der Waals surface area contributed by atoms with Crippen molar-refractivity contribution in [3.63, 3.8) is 0 Å². The maximum absolute atomic E-state index is 5.88. The van der Waals surface area contributed by atoms with Crippen LogP contribution in [0.2, 0.25) is 0 Å². The number of methoxy groups -OCH3 is 1. The molecule has 1 saturated heterocycles. The fourth-order valence-corrected chi connectivity index (χ4v) is 2.59. The van der Waals surface area contributed by atoms with Gasteiger partial charge in [0.05, 0.1) is 26.2 Å². The Labute approximate surface area is 124 Å². The molecule has 0 aliphatic carbocycles. The second kappa shape index (κ2) is 6.24. The molecule has 2 heterocycles. The largest absolute Gasteiger partial charge is 0.497 e. The quantitative estimate of drug-likeness (QED) is 0.812. The van der Waals surface area contributed by atoms with Gasteiger partial charge in [0.25, 0.3) is 0 Å². The van der Waals surface area contributed by atoms with Crippen LogP contribution in [0.4, 0.5) is 0 Å². The van der Waals surface area contributed by atoms with Crippen molar-refractivity contribution in [2.24, 2.45) is 7.05 Å². The topological polar surface area (TPSA) is 31.6 Å². The summed E-state index contributed by atoms with van der Waals surface area (Å²) in [5.41, 5.74) is 2.25. The van der Waals surface area contributed by atoms with E-state index in [0.29, 0.717) is 13.2 Å². The Morgan fingerprint density at radius 2 is 1.76 bits per heavy atom. The number of hydrogen-bond donors (Lipinski definition) is 0. The second-order valence-corrected chi connectivity index (χ2v) is 5.21. The average molecular weight is 286 g/mol. The number of aryl methyl sites for hydroxylation is 1. The SMILES string of the molecule is COc1ccc(C2OCC(c3cccc[n+]3C)CO2)cc1. The maximum atomic E-state index is 5.88. The average Bonchev–Trinajstić information content (AvgIpc) is 2.56. The lowest BCUT2D eigenvalue weighted by Crippen LogP contribution is -2.38. The van der Waals surface area contributed by atoms with Crippen LogP contribution in [0.25, 0.3) is 0 Å². The normalized spacial score (nSPS) is 22.0. The number of hydrogen-bond acceptors (Lipinski definition) is 3. The van der Waals surface area contributed by atoms with Crippen molar-refractivity contribution >= 4 is 0 Å². The molecule has 0 bridgehead atoms. The molecule has 4 nitrogen and oxygen atoms in total. The van der Waals surface area contributed by atoms with Crippen LogP contribution >= 0.6 is 0 Å². The molecule has 0 amide bonds. The monoisotopic (exact) mass is 286 g/mol. The number of pyridine rings is 1. The first-order valence-electron chi connectivity index (χ1n) is 7.09. The molecule has 4 heteroatoms. The smallest absolute Gasteiger partial charge is 0.188 e. The van der Waals surface area contributed by atoms with E-state index in [2.05, 4.69) is 10.6 Å². The van der Waals surface area contributed by atoms with Gasteiger partial charge in [-0.25, -0.2) is 4.57 Å². The molecule has 0 atom stereocenters. The Balaban J connectivity index is 1.66. The molecule has 1 aromatic carbocycles. The van der Waals surface area contributed by atoms with Crippen LogP contribution in [0.5, 0.6) is 5.75 Å². The lowest BCUT2D eigenvalue weighted by molar-refractivity contribution is -0.681. The minimum Gasteiger partial charge on any atom is -0.497 e. The first-order chi connectivity index (χ1) is 10.3. The van der Waals surface area contributed by atoms with Gasteiger partial charge >= 0.3 is 0 Å². The third-order valence-corrected chi connectivity index (χ3v) is 3.80. The van der Waals surface area contributed by atoms with Crippen LogP contribution < -0.4 is 9.30 Å². The Hall–Kier alpha value is -1.91. The van der Waals surface area contributed by atoms with Gasteiger partial charge in [0.1, 0.15) is 12.8 Å². The molecule has 1 fully saturated rings. The van der Waals surface area contributed by atoms with Crippen LogP contribution in [-0.4, -0.2) is 20.3 Å². The van der Waals surface area contributed by atoms with Crippen LogP contribution in [0.3, 0.4) is 0 Å². The number of nitrogens with zero attached hydrogens (tertiary/aromatic N) is 1. The molecular weight excluding hydrogens is 266 g/mol. The molecule has 3 rings (SSSR count). The van der Waals surface area contributed by atoms with Gasteiger partial charge in [-0.15, -0.1) is 0 Å². The molecule has 0 N–H and O–H groups in total. The van der Waals surface area contributed by atoms with E-state index in [1.165, 1.54) is 5.69 Å². The predicted octanol–water partition coefficient (Wildman–Crippen LogP) is 2.35. The maximum Gasteiger partial charge on any atom is 0.188 e. The highest BCUT2D eigenvalue weighted by molar-refractivity contribution is 5.28. The molecule has 110 valence electrons. The second-order valence-electron chi connectivity index (χ2n) is 5.21. The molecule has 1 aliphatic rings. The molecule has 0 saturated carbocycles. The van der Waals surface area contributed by atoms with E-state index in [4.69, 9.17) is 14.2 Å². The standard InChI is InChI=1S/C17H20NO3/c1-18-10-4-3-5-16(18)14-11-20-17(21-12-14)13-6-8-15(19-2)9-7-13/h3-10,14,17H,11-12H2,1-2H3/q+1. The van der Waals surface area contributed by atoms with E-state index in [0.717, 1.165) is 11.3 Å². The number of benzene rings is 1. The summed E-state index contributed by atoms with van der Waals surface area (Å²) in [5.74, 6) is 1.11. The number of ether oxygens (including phenoxy) is 3. The van der Waals surface area contributed by atoms with Crippen molar-refractivity contribution in [3.05, 3.63) is 59.9 Å². The summed E-state index contributed by atoms with van der Waals surface area (Å²) in [6.07, 6.45) is 1.76. The Bertz CT molecular complexity index is 589. The molecule has 21 heavy (non-hydrogen) atoms. The summed E-state index contributed by atoms with van der Waals surface area (Å²) in [5, 5.41) is 0. The van der Waals surface area contributed by atoms with Gasteiger partial charge in [0.2, 0.25) is 0 Å². The van der Waals surface area contributed by atoms with Gasteiger partial charge in [-0.05, 0) is 12.1 Å². The summed E-state index contributed by atoms with van der Waals surface area (Å²) in [4.78, 5) is 0. The highest BCUT2D eigenvalue weighted by Gasteiger charge is 2.29. The Kier molecular flexibility index (Phi) is 4.18. The Morgan fingerprint density at radius 3 is 2.38 bits per heavy atom. The first-order valence-corrected chi connectivity index (χ1v) is 7.09. The first kappa shape index (κ1) is 14.0. The van der Waals surface area contributed by atoms with E-state index < -0.39 is 0 Å². The van der Waals surface area contributed by atoms with Crippen molar-refractivity contribution in [1.29, 1.82) is 0 Å². The lowest BCUT2D eigenvalue weighted by atomic mass is 10.1. The van der Waals surface area contributed by atoms with Crippen molar-refractivity contribution in [2.75, 3.05) is 20.3 Å². The van der Waals surface area contributed by atoms with Crippen molar-refractivity contribution < 1.29 is 18.8 Å². The van der Waals surface area contributed by atoms with E-state index in [1.54, 1.807) is 7.11 Å². The fraction of sp³-hybridized carbons (Fsp3) is 0.353. The molecule has 0 spiro atoms. The van der Waals surface area contributed by atoms with Gasteiger partial charge < -0.3 is 14.2 Å². The van der Waals surface area contributed by atoms with Crippen LogP contribution in [-0.2, 0) is 16.5 Å². The van der Waals surface area contributed by atoms with Crippen LogP contribution in [0, 0.1) is 0 Å². The third kappa shape index (κ3) is 3.06. The summed E-state index contributed by atoms with van der Waals surface area (Å²) in [6.45, 7) is 1.32. The molecular formula is C17H20NO3+. The summed E-state index contributed by atoms with van der Waals surface area (Å²) >= 11 is 0. The lowest BCUT2D eigenvalue weighted by Gasteiger charge is -2.28. The van der Waals surface area contributed by atoms with Crippen molar-refractivity contribution in [1.82, 2.24) is 0 Å². The Morgan fingerprint density at radius 1 is 1.05 bits per heavy atom. The van der Waals surface area contributed by atoms with Gasteiger partial charge in [-0.3, -0.25) is 0 Å². The number of aromatic nitrogens is 1. The summed E-state index contributed by atoms with van der Waals surface area (Å²) < 4.78 is 19.0. The molecule has 1 aromatic heterocycles.